The lowest BCUT2D eigenvalue weighted by atomic mass is 9.87. The van der Waals surface area contributed by atoms with Gasteiger partial charge in [0.15, 0.2) is 0 Å². The van der Waals surface area contributed by atoms with Crippen LogP contribution in [0.4, 0.5) is 0 Å². The molecule has 1 aromatic rings. The Morgan fingerprint density at radius 3 is 2.30 bits per heavy atom. The van der Waals surface area contributed by atoms with Crippen LogP contribution in [0.1, 0.15) is 70.8 Å². The van der Waals surface area contributed by atoms with Crippen LogP contribution < -0.4 is 5.63 Å². The summed E-state index contributed by atoms with van der Waals surface area (Å²) in [4.78, 5) is 11.8. The second kappa shape index (κ2) is 8.37. The summed E-state index contributed by atoms with van der Waals surface area (Å²) in [7, 11) is 0. The third-order valence-electron chi connectivity index (χ3n) is 4.72. The molecule has 0 aliphatic carbocycles. The van der Waals surface area contributed by atoms with Crippen molar-refractivity contribution in [3.05, 3.63) is 33.4 Å². The van der Waals surface area contributed by atoms with Crippen molar-refractivity contribution in [2.45, 2.75) is 67.7 Å². The SMILES string of the molecule is CCC(C)CC(C)CC(C)/C=C(/C)c1oc(=O)c(C)c(O)c1C. The molecule has 1 rings (SSSR count). The van der Waals surface area contributed by atoms with Gasteiger partial charge in [0, 0.05) is 5.56 Å². The predicted octanol–water partition coefficient (Wildman–Crippen LogP) is 5.46. The molecule has 3 unspecified atom stereocenters. The minimum Gasteiger partial charge on any atom is -0.507 e. The van der Waals surface area contributed by atoms with Crippen molar-refractivity contribution < 1.29 is 9.52 Å². The van der Waals surface area contributed by atoms with Crippen LogP contribution >= 0.6 is 0 Å². The number of hydrogen-bond acceptors (Lipinski definition) is 3. The number of rotatable bonds is 7. The third-order valence-corrected chi connectivity index (χ3v) is 4.72. The summed E-state index contributed by atoms with van der Waals surface area (Å²) in [5.74, 6) is 2.38. The highest BCUT2D eigenvalue weighted by molar-refractivity contribution is 5.64. The maximum atomic E-state index is 11.8. The molecule has 0 fully saturated rings. The molecule has 0 amide bonds. The first-order valence-electron chi connectivity index (χ1n) is 8.69. The van der Waals surface area contributed by atoms with E-state index >= 15 is 0 Å². The van der Waals surface area contributed by atoms with E-state index in [-0.39, 0.29) is 11.3 Å². The third kappa shape index (κ3) is 5.26. The summed E-state index contributed by atoms with van der Waals surface area (Å²) in [6.07, 6.45) is 5.73. The molecule has 0 bridgehead atoms. The van der Waals surface area contributed by atoms with Gasteiger partial charge in [0.25, 0.3) is 0 Å². The van der Waals surface area contributed by atoms with E-state index in [4.69, 9.17) is 4.42 Å². The average molecular weight is 320 g/mol. The Balaban J connectivity index is 2.90. The average Bonchev–Trinajstić information content (AvgIpc) is 2.47. The summed E-state index contributed by atoms with van der Waals surface area (Å²) in [5, 5.41) is 10.0. The van der Waals surface area contributed by atoms with Crippen LogP contribution in [0.25, 0.3) is 5.57 Å². The molecule has 0 radical (unpaired) electrons. The van der Waals surface area contributed by atoms with Gasteiger partial charge >= 0.3 is 5.63 Å². The lowest BCUT2D eigenvalue weighted by Gasteiger charge is -2.19. The number of hydrogen-bond donors (Lipinski definition) is 1. The van der Waals surface area contributed by atoms with Crippen LogP contribution in [0.5, 0.6) is 5.75 Å². The molecule has 0 aliphatic heterocycles. The Labute approximate surface area is 140 Å². The maximum Gasteiger partial charge on any atom is 0.342 e. The van der Waals surface area contributed by atoms with Gasteiger partial charge in [0.05, 0.1) is 5.56 Å². The zero-order valence-electron chi connectivity index (χ0n) is 15.7. The Kier molecular flexibility index (Phi) is 7.11. The maximum absolute atomic E-state index is 11.8. The van der Waals surface area contributed by atoms with E-state index in [2.05, 4.69) is 33.8 Å². The number of aromatic hydroxyl groups is 1. The van der Waals surface area contributed by atoms with Gasteiger partial charge in [0.1, 0.15) is 11.5 Å². The molecular formula is C20H32O3. The summed E-state index contributed by atoms with van der Waals surface area (Å²) in [6.45, 7) is 14.3. The molecule has 3 nitrogen and oxygen atoms in total. The molecule has 23 heavy (non-hydrogen) atoms. The van der Waals surface area contributed by atoms with Crippen LogP contribution in [-0.2, 0) is 0 Å². The van der Waals surface area contributed by atoms with E-state index in [1.54, 1.807) is 13.8 Å². The van der Waals surface area contributed by atoms with E-state index in [9.17, 15) is 9.90 Å². The first-order valence-corrected chi connectivity index (χ1v) is 8.69. The van der Waals surface area contributed by atoms with Crippen molar-refractivity contribution in [1.82, 2.24) is 0 Å². The summed E-state index contributed by atoms with van der Waals surface area (Å²) in [6, 6.07) is 0. The smallest absolute Gasteiger partial charge is 0.342 e. The Morgan fingerprint density at radius 1 is 1.13 bits per heavy atom. The molecule has 0 aliphatic rings. The molecule has 0 aromatic carbocycles. The van der Waals surface area contributed by atoms with Gasteiger partial charge in [0.2, 0.25) is 0 Å². The monoisotopic (exact) mass is 320 g/mol. The molecule has 0 saturated heterocycles. The molecule has 1 heterocycles. The fourth-order valence-corrected chi connectivity index (χ4v) is 3.26. The summed E-state index contributed by atoms with van der Waals surface area (Å²) >= 11 is 0. The highest BCUT2D eigenvalue weighted by Gasteiger charge is 2.16. The lowest BCUT2D eigenvalue weighted by Crippen LogP contribution is -2.08. The van der Waals surface area contributed by atoms with Gasteiger partial charge in [-0.1, -0.05) is 40.2 Å². The minimum absolute atomic E-state index is 0.0433. The van der Waals surface area contributed by atoms with Crippen molar-refractivity contribution in [3.63, 3.8) is 0 Å². The van der Waals surface area contributed by atoms with E-state index in [0.717, 1.165) is 17.9 Å². The molecule has 3 heteroatoms. The Morgan fingerprint density at radius 2 is 1.74 bits per heavy atom. The first kappa shape index (κ1) is 19.5. The normalized spacial score (nSPS) is 16.2. The topological polar surface area (TPSA) is 50.4 Å². The van der Waals surface area contributed by atoms with Crippen molar-refractivity contribution >= 4 is 5.57 Å². The summed E-state index contributed by atoms with van der Waals surface area (Å²) < 4.78 is 5.39. The van der Waals surface area contributed by atoms with Gasteiger partial charge in [-0.3, -0.25) is 0 Å². The molecule has 3 atom stereocenters. The second-order valence-corrected chi connectivity index (χ2v) is 7.23. The molecule has 130 valence electrons. The summed E-state index contributed by atoms with van der Waals surface area (Å²) in [5.41, 5.74) is 1.36. The van der Waals surface area contributed by atoms with Gasteiger partial charge < -0.3 is 9.52 Å². The quantitative estimate of drug-likeness (QED) is 0.725. The van der Waals surface area contributed by atoms with Crippen molar-refractivity contribution in [2.75, 3.05) is 0 Å². The Bertz CT molecular complexity index is 610. The van der Waals surface area contributed by atoms with Crippen molar-refractivity contribution in [1.29, 1.82) is 0 Å². The van der Waals surface area contributed by atoms with E-state index in [1.807, 2.05) is 6.92 Å². The minimum atomic E-state index is -0.464. The van der Waals surface area contributed by atoms with Crippen LogP contribution in [-0.4, -0.2) is 5.11 Å². The molecular weight excluding hydrogens is 288 g/mol. The first-order chi connectivity index (χ1) is 10.7. The van der Waals surface area contributed by atoms with Crippen molar-refractivity contribution in [3.8, 4) is 5.75 Å². The zero-order valence-corrected chi connectivity index (χ0v) is 15.7. The van der Waals surface area contributed by atoms with Crippen LogP contribution in [0.2, 0.25) is 0 Å². The highest BCUT2D eigenvalue weighted by atomic mass is 16.4. The lowest BCUT2D eigenvalue weighted by molar-refractivity contribution is 0.361. The van der Waals surface area contributed by atoms with Crippen LogP contribution in [0, 0.1) is 31.6 Å². The van der Waals surface area contributed by atoms with Gasteiger partial charge in [-0.05, 0) is 56.9 Å². The fraction of sp³-hybridized carbons (Fsp3) is 0.650. The van der Waals surface area contributed by atoms with E-state index in [0.29, 0.717) is 23.2 Å². The number of allylic oxidation sites excluding steroid dienone is 2. The van der Waals surface area contributed by atoms with E-state index in [1.165, 1.54) is 12.8 Å². The standard InChI is InChI=1S/C20H32O3/c1-8-12(2)9-13(3)10-14(4)11-15(5)19-16(6)18(21)17(7)20(22)23-19/h11-14,21H,8-10H2,1-7H3/b15-11-. The van der Waals surface area contributed by atoms with Gasteiger partial charge in [-0.15, -0.1) is 0 Å². The van der Waals surface area contributed by atoms with Crippen molar-refractivity contribution in [2.24, 2.45) is 17.8 Å². The predicted molar refractivity (Wildman–Crippen MR) is 96.8 cm³/mol. The largest absolute Gasteiger partial charge is 0.507 e. The zero-order chi connectivity index (χ0) is 17.7. The Hall–Kier alpha value is -1.51. The molecule has 0 saturated carbocycles. The highest BCUT2D eigenvalue weighted by Crippen LogP contribution is 2.29. The molecule has 1 aromatic heterocycles. The van der Waals surface area contributed by atoms with Crippen LogP contribution in [0.3, 0.4) is 0 Å². The fourth-order valence-electron chi connectivity index (χ4n) is 3.26. The van der Waals surface area contributed by atoms with Gasteiger partial charge in [-0.25, -0.2) is 4.79 Å². The van der Waals surface area contributed by atoms with Gasteiger partial charge in [-0.2, -0.15) is 0 Å². The molecule has 0 spiro atoms. The van der Waals surface area contributed by atoms with E-state index < -0.39 is 5.63 Å². The molecule has 1 N–H and O–H groups in total. The second-order valence-electron chi connectivity index (χ2n) is 7.23. The van der Waals surface area contributed by atoms with Crippen LogP contribution in [0.15, 0.2) is 15.3 Å².